The first-order valence-corrected chi connectivity index (χ1v) is 20.3. The molecule has 4 heterocycles. The monoisotopic (exact) mass is 798 g/mol. The number of carbonyl (C=O) groups excluding carboxylic acids is 2. The van der Waals surface area contributed by atoms with Crippen molar-refractivity contribution in [2.75, 3.05) is 63.6 Å². The minimum atomic E-state index is -4.80. The van der Waals surface area contributed by atoms with Gasteiger partial charge in [0.25, 0.3) is 11.5 Å². The van der Waals surface area contributed by atoms with E-state index in [2.05, 4.69) is 30.4 Å². The Morgan fingerprint density at radius 3 is 2.24 bits per heavy atom. The van der Waals surface area contributed by atoms with Crippen LogP contribution in [0.15, 0.2) is 53.5 Å². The van der Waals surface area contributed by atoms with Crippen molar-refractivity contribution >= 4 is 40.2 Å². The number of halogens is 3. The molecule has 2 aromatic carbocycles. The van der Waals surface area contributed by atoms with Gasteiger partial charge in [-0.25, -0.2) is 4.98 Å². The summed E-state index contributed by atoms with van der Waals surface area (Å²) < 4.78 is 49.4. The van der Waals surface area contributed by atoms with Crippen molar-refractivity contribution in [3.05, 3.63) is 75.7 Å². The number of carbonyl (C=O) groups is 2. The van der Waals surface area contributed by atoms with E-state index in [9.17, 15) is 27.6 Å². The molecule has 0 radical (unpaired) electrons. The fourth-order valence-corrected chi connectivity index (χ4v) is 11.0. The van der Waals surface area contributed by atoms with Crippen LogP contribution in [-0.2, 0) is 11.0 Å². The number of nitrogens with one attached hydrogen (secondary N) is 2. The number of fused-ring (bicyclic) bond motifs is 1. The van der Waals surface area contributed by atoms with Crippen LogP contribution in [0.1, 0.15) is 66.4 Å². The van der Waals surface area contributed by atoms with Crippen molar-refractivity contribution in [2.24, 2.45) is 23.2 Å². The van der Waals surface area contributed by atoms with E-state index in [1.807, 2.05) is 30.1 Å². The SMILES string of the molecule is COc1cc(N2CCN(C(=O)CC34CC5CC(CC(C5)C3)C4)CC2)ccc1Nc1ncc2c(C)cc(=O)n(-c3ccc(C(F)(F)F)c(C(=O)NC4CN(C)C4)c3)c2n1. The Hall–Kier alpha value is -5.18. The minimum Gasteiger partial charge on any atom is -0.494 e. The number of anilines is 3. The molecule has 2 saturated heterocycles. The second kappa shape index (κ2) is 14.6. The van der Waals surface area contributed by atoms with Gasteiger partial charge in [-0.3, -0.25) is 19.0 Å². The van der Waals surface area contributed by atoms with Crippen LogP contribution in [0.25, 0.3) is 16.7 Å². The van der Waals surface area contributed by atoms with Gasteiger partial charge in [-0.1, -0.05) is 0 Å². The summed E-state index contributed by atoms with van der Waals surface area (Å²) in [5.74, 6) is 2.56. The Balaban J connectivity index is 0.927. The van der Waals surface area contributed by atoms with E-state index in [1.54, 1.807) is 20.2 Å². The van der Waals surface area contributed by atoms with Crippen molar-refractivity contribution in [1.29, 1.82) is 0 Å². The van der Waals surface area contributed by atoms with Gasteiger partial charge in [0, 0.05) is 75.1 Å². The van der Waals surface area contributed by atoms with E-state index in [0.29, 0.717) is 74.0 Å². The van der Waals surface area contributed by atoms with Gasteiger partial charge < -0.3 is 30.1 Å². The average molecular weight is 799 g/mol. The number of ether oxygens (including phenoxy) is 1. The highest BCUT2D eigenvalue weighted by molar-refractivity contribution is 5.97. The maximum Gasteiger partial charge on any atom is 0.417 e. The number of methoxy groups -OCH3 is 1. The normalized spacial score (nSPS) is 24.6. The summed E-state index contributed by atoms with van der Waals surface area (Å²) in [4.78, 5) is 55.8. The lowest BCUT2D eigenvalue weighted by molar-refractivity contribution is -0.140. The van der Waals surface area contributed by atoms with E-state index >= 15 is 0 Å². The van der Waals surface area contributed by atoms with Crippen LogP contribution in [0.2, 0.25) is 0 Å². The molecule has 4 aliphatic carbocycles. The zero-order valence-electron chi connectivity index (χ0n) is 33.1. The van der Waals surface area contributed by atoms with Crippen molar-refractivity contribution in [3.63, 3.8) is 0 Å². The van der Waals surface area contributed by atoms with Gasteiger partial charge in [0.2, 0.25) is 11.9 Å². The van der Waals surface area contributed by atoms with Crippen LogP contribution in [0.4, 0.5) is 30.5 Å². The molecule has 2 aliphatic heterocycles. The van der Waals surface area contributed by atoms with E-state index < -0.39 is 28.8 Å². The molecule has 6 aliphatic rings. The number of amides is 2. The molecule has 2 aromatic heterocycles. The molecule has 6 fully saturated rings. The predicted octanol–water partition coefficient (Wildman–Crippen LogP) is 6.16. The predicted molar refractivity (Wildman–Crippen MR) is 214 cm³/mol. The Morgan fingerprint density at radius 2 is 1.60 bits per heavy atom. The number of benzene rings is 2. The molecule has 2 N–H and O–H groups in total. The zero-order valence-corrected chi connectivity index (χ0v) is 33.1. The standard InChI is InChI=1S/C43H49F3N8O4/c1-25-12-37(55)54(31-4-6-34(43(44,45)46)32(16-31)40(57)48-29-23-51(2)24-29)39-33(25)22-47-41(50-39)49-35-7-5-30(17-36(35)58-3)52-8-10-53(11-9-52)38(56)21-42-18-26-13-27(19-42)15-28(14-26)20-42/h4-7,12,16-17,22,26-29H,8-11,13-15,18-21,23-24H2,1-3H3,(H,48,57)(H,47,49,50). The molecule has 4 aromatic rings. The Morgan fingerprint density at radius 1 is 0.931 bits per heavy atom. The molecule has 0 atom stereocenters. The van der Waals surface area contributed by atoms with Gasteiger partial charge in [0.1, 0.15) is 5.75 Å². The van der Waals surface area contributed by atoms with Crippen molar-refractivity contribution in [3.8, 4) is 11.4 Å². The van der Waals surface area contributed by atoms with E-state index in [0.717, 1.165) is 35.6 Å². The number of nitrogens with zero attached hydrogens (tertiary/aromatic N) is 6. The number of hydrogen-bond donors (Lipinski definition) is 2. The highest BCUT2D eigenvalue weighted by atomic mass is 19.4. The summed E-state index contributed by atoms with van der Waals surface area (Å²) in [7, 11) is 3.42. The second-order valence-electron chi connectivity index (χ2n) is 17.5. The van der Waals surface area contributed by atoms with Crippen molar-refractivity contribution < 1.29 is 27.5 Å². The molecule has 4 bridgehead atoms. The maximum atomic E-state index is 14.1. The molecule has 58 heavy (non-hydrogen) atoms. The lowest BCUT2D eigenvalue weighted by Crippen LogP contribution is -2.57. The molecule has 15 heteroatoms. The zero-order chi connectivity index (χ0) is 40.5. The quantitative estimate of drug-likeness (QED) is 0.205. The highest BCUT2D eigenvalue weighted by Crippen LogP contribution is 2.61. The Bertz CT molecular complexity index is 2300. The highest BCUT2D eigenvalue weighted by Gasteiger charge is 2.52. The topological polar surface area (TPSA) is 125 Å². The first-order chi connectivity index (χ1) is 27.7. The molecule has 4 saturated carbocycles. The van der Waals surface area contributed by atoms with E-state index in [4.69, 9.17) is 4.74 Å². The molecule has 2 amide bonds. The number of likely N-dealkylation sites (N-methyl/N-ethyl adjacent to an activating group) is 1. The summed E-state index contributed by atoms with van der Waals surface area (Å²) in [6.07, 6.45) is 5.24. The lowest BCUT2D eigenvalue weighted by Gasteiger charge is -2.57. The van der Waals surface area contributed by atoms with Crippen LogP contribution in [0.3, 0.4) is 0 Å². The third-order valence-electron chi connectivity index (χ3n) is 13.3. The number of alkyl halides is 3. The van der Waals surface area contributed by atoms with Gasteiger partial charge in [-0.2, -0.15) is 18.2 Å². The summed E-state index contributed by atoms with van der Waals surface area (Å²) in [6, 6.07) is 9.91. The van der Waals surface area contributed by atoms with Crippen molar-refractivity contribution in [2.45, 2.75) is 64.1 Å². The van der Waals surface area contributed by atoms with Gasteiger partial charge in [-0.15, -0.1) is 0 Å². The average Bonchev–Trinajstić information content (AvgIpc) is 3.16. The summed E-state index contributed by atoms with van der Waals surface area (Å²) in [5.41, 5.74) is 0.319. The smallest absolute Gasteiger partial charge is 0.417 e. The first kappa shape index (κ1) is 38.3. The number of piperazine rings is 1. The molecule has 0 spiro atoms. The lowest BCUT2D eigenvalue weighted by atomic mass is 9.49. The number of likely N-dealkylation sites (tertiary alicyclic amines) is 1. The van der Waals surface area contributed by atoms with Crippen LogP contribution >= 0.6 is 0 Å². The molecular formula is C43H49F3N8O4. The second-order valence-corrected chi connectivity index (χ2v) is 17.5. The van der Waals surface area contributed by atoms with Crippen LogP contribution in [0, 0.1) is 30.1 Å². The number of rotatable bonds is 9. The van der Waals surface area contributed by atoms with Gasteiger partial charge in [0.15, 0.2) is 5.65 Å². The minimum absolute atomic E-state index is 0.0556. The van der Waals surface area contributed by atoms with Gasteiger partial charge in [0.05, 0.1) is 35.7 Å². The maximum absolute atomic E-state index is 14.1. The molecule has 306 valence electrons. The fourth-order valence-electron chi connectivity index (χ4n) is 11.0. The number of aryl methyl sites for hydroxylation is 1. The summed E-state index contributed by atoms with van der Waals surface area (Å²) in [5, 5.41) is 6.38. The summed E-state index contributed by atoms with van der Waals surface area (Å²) in [6.45, 7) is 5.53. The van der Waals surface area contributed by atoms with Crippen LogP contribution in [-0.4, -0.2) is 95.6 Å². The Labute approximate surface area is 334 Å². The molecule has 0 unspecified atom stereocenters. The molecule has 12 nitrogen and oxygen atoms in total. The first-order valence-electron chi connectivity index (χ1n) is 20.3. The Kier molecular flexibility index (Phi) is 9.64. The van der Waals surface area contributed by atoms with Crippen LogP contribution in [0.5, 0.6) is 5.75 Å². The third kappa shape index (κ3) is 7.26. The summed E-state index contributed by atoms with van der Waals surface area (Å²) >= 11 is 0. The number of aromatic nitrogens is 3. The van der Waals surface area contributed by atoms with E-state index in [-0.39, 0.29) is 28.7 Å². The largest absolute Gasteiger partial charge is 0.494 e. The molecule has 10 rings (SSSR count). The van der Waals surface area contributed by atoms with E-state index in [1.165, 1.54) is 55.2 Å². The number of pyridine rings is 1. The fraction of sp³-hybridized carbons (Fsp3) is 0.512. The van der Waals surface area contributed by atoms with Crippen molar-refractivity contribution in [1.82, 2.24) is 29.7 Å². The number of hydrogen-bond acceptors (Lipinski definition) is 9. The van der Waals surface area contributed by atoms with Gasteiger partial charge in [-0.05, 0) is 112 Å². The van der Waals surface area contributed by atoms with Gasteiger partial charge >= 0.3 is 6.18 Å². The third-order valence-corrected chi connectivity index (χ3v) is 13.3. The van der Waals surface area contributed by atoms with Crippen LogP contribution < -0.4 is 25.8 Å². The molecular weight excluding hydrogens is 750 g/mol.